The first-order valence-electron chi connectivity index (χ1n) is 10.2. The van der Waals surface area contributed by atoms with Crippen LogP contribution >= 0.6 is 11.3 Å². The van der Waals surface area contributed by atoms with Gasteiger partial charge in [-0.2, -0.15) is 13.2 Å². The minimum absolute atomic E-state index is 0.0463. The van der Waals surface area contributed by atoms with E-state index in [-0.39, 0.29) is 22.3 Å². The second kappa shape index (κ2) is 10.5. The Labute approximate surface area is 183 Å². The average molecular weight is 463 g/mol. The first-order chi connectivity index (χ1) is 14.5. The minimum Gasteiger partial charge on any atom is -0.409 e. The monoisotopic (exact) mass is 462 g/mol. The lowest BCUT2D eigenvalue weighted by molar-refractivity contribution is -0.126. The van der Waals surface area contributed by atoms with Crippen LogP contribution in [0.4, 0.5) is 23.2 Å². The summed E-state index contributed by atoms with van der Waals surface area (Å²) in [5.41, 5.74) is 6.17. The summed E-state index contributed by atoms with van der Waals surface area (Å²) in [6.45, 7) is 3.88. The minimum atomic E-state index is -4.46. The fraction of sp³-hybridized carbons (Fsp3) is 0.571. The van der Waals surface area contributed by atoms with Crippen molar-refractivity contribution in [3.63, 3.8) is 0 Å². The van der Waals surface area contributed by atoms with Crippen LogP contribution in [0.3, 0.4) is 0 Å². The predicted molar refractivity (Wildman–Crippen MR) is 119 cm³/mol. The lowest BCUT2D eigenvalue weighted by Crippen LogP contribution is -2.45. The van der Waals surface area contributed by atoms with Crippen LogP contribution < -0.4 is 11.1 Å². The number of fused-ring (bicyclic) bond motifs is 1. The molecule has 1 aromatic heterocycles. The van der Waals surface area contributed by atoms with Crippen LogP contribution in [0.2, 0.25) is 0 Å². The van der Waals surface area contributed by atoms with E-state index in [0.717, 1.165) is 17.8 Å². The fourth-order valence-electron chi connectivity index (χ4n) is 3.88. The van der Waals surface area contributed by atoms with E-state index in [4.69, 9.17) is 10.9 Å². The molecule has 0 fully saturated rings. The second-order valence-corrected chi connectivity index (χ2v) is 8.81. The third kappa shape index (κ3) is 6.00. The van der Waals surface area contributed by atoms with Crippen molar-refractivity contribution in [3.05, 3.63) is 28.6 Å². The van der Waals surface area contributed by atoms with Crippen LogP contribution in [-0.4, -0.2) is 54.5 Å². The third-order valence-corrected chi connectivity index (χ3v) is 6.61. The summed E-state index contributed by atoms with van der Waals surface area (Å²) in [6, 6.07) is 4.12. The summed E-state index contributed by atoms with van der Waals surface area (Å²) in [5, 5.41) is 15.5. The highest BCUT2D eigenvalue weighted by Crippen LogP contribution is 2.40. The molecule has 0 radical (unpaired) electrons. The number of thiophene rings is 1. The number of hydrogen-bond donors (Lipinski definition) is 3. The molecule has 2 rings (SSSR count). The highest BCUT2D eigenvalue weighted by Gasteiger charge is 2.33. The highest BCUT2D eigenvalue weighted by molar-refractivity contribution is 7.21. The van der Waals surface area contributed by atoms with E-state index in [0.29, 0.717) is 28.6 Å². The SMILES string of the molecule is CCCC(Nc1cccc2c(CC(F)(F)F)c(/C(N)=N/O)sc12)C(F)C(CC)N(C)C. The number of alkyl halides is 4. The number of anilines is 1. The van der Waals surface area contributed by atoms with E-state index < -0.39 is 24.8 Å². The molecule has 0 aliphatic rings. The van der Waals surface area contributed by atoms with Crippen LogP contribution in [0.1, 0.15) is 43.6 Å². The van der Waals surface area contributed by atoms with Crippen LogP contribution in [0.5, 0.6) is 0 Å². The zero-order valence-corrected chi connectivity index (χ0v) is 18.9. The number of amidine groups is 1. The van der Waals surface area contributed by atoms with Gasteiger partial charge in [-0.15, -0.1) is 11.3 Å². The topological polar surface area (TPSA) is 73.9 Å². The molecule has 4 N–H and O–H groups in total. The van der Waals surface area contributed by atoms with Gasteiger partial charge in [0.2, 0.25) is 0 Å². The van der Waals surface area contributed by atoms with Crippen molar-refractivity contribution in [3.8, 4) is 0 Å². The zero-order valence-electron chi connectivity index (χ0n) is 18.1. The average Bonchev–Trinajstić information content (AvgIpc) is 3.05. The van der Waals surface area contributed by atoms with Crippen molar-refractivity contribution in [2.75, 3.05) is 19.4 Å². The van der Waals surface area contributed by atoms with Crippen molar-refractivity contribution < 1.29 is 22.8 Å². The molecular weight excluding hydrogens is 432 g/mol. The molecular formula is C21H30F4N4OS. The summed E-state index contributed by atoms with van der Waals surface area (Å²) >= 11 is 1.00. The molecule has 174 valence electrons. The normalized spacial score (nSPS) is 16.0. The van der Waals surface area contributed by atoms with E-state index >= 15 is 4.39 Å². The summed E-state index contributed by atoms with van der Waals surface area (Å²) in [7, 11) is 3.66. The maximum atomic E-state index is 15.4. The molecule has 3 unspecified atom stereocenters. The maximum absolute atomic E-state index is 15.4. The van der Waals surface area contributed by atoms with Gasteiger partial charge in [-0.25, -0.2) is 4.39 Å². The number of rotatable bonds is 10. The number of hydrogen-bond acceptors (Lipinski definition) is 5. The lowest BCUT2D eigenvalue weighted by Gasteiger charge is -2.33. The van der Waals surface area contributed by atoms with Gasteiger partial charge in [-0.05, 0) is 44.0 Å². The zero-order chi connectivity index (χ0) is 23.3. The van der Waals surface area contributed by atoms with E-state index in [2.05, 4.69) is 10.5 Å². The van der Waals surface area contributed by atoms with E-state index in [1.54, 1.807) is 18.2 Å². The molecule has 2 aromatic rings. The Kier molecular flexibility index (Phi) is 8.53. The molecule has 0 saturated heterocycles. The Hall–Kier alpha value is -2.07. The molecule has 0 amide bonds. The Morgan fingerprint density at radius 2 is 1.97 bits per heavy atom. The molecule has 0 bridgehead atoms. The molecule has 5 nitrogen and oxygen atoms in total. The number of halogens is 4. The van der Waals surface area contributed by atoms with Gasteiger partial charge >= 0.3 is 6.18 Å². The molecule has 0 aliphatic heterocycles. The first-order valence-corrected chi connectivity index (χ1v) is 11.0. The van der Waals surface area contributed by atoms with E-state index in [9.17, 15) is 13.2 Å². The maximum Gasteiger partial charge on any atom is 0.393 e. The second-order valence-electron chi connectivity index (χ2n) is 7.79. The molecule has 3 atom stereocenters. The smallest absolute Gasteiger partial charge is 0.393 e. The Morgan fingerprint density at radius 3 is 2.48 bits per heavy atom. The van der Waals surface area contributed by atoms with Crippen molar-refractivity contribution in [2.24, 2.45) is 10.9 Å². The molecule has 0 saturated carbocycles. The van der Waals surface area contributed by atoms with Gasteiger partial charge in [-0.3, -0.25) is 0 Å². The van der Waals surface area contributed by atoms with Gasteiger partial charge < -0.3 is 21.2 Å². The molecule has 1 heterocycles. The quantitative estimate of drug-likeness (QED) is 0.146. The molecule has 31 heavy (non-hydrogen) atoms. The van der Waals surface area contributed by atoms with E-state index in [1.807, 2.05) is 32.8 Å². The van der Waals surface area contributed by atoms with Gasteiger partial charge in [0, 0.05) is 6.04 Å². The summed E-state index contributed by atoms with van der Waals surface area (Å²) in [4.78, 5) is 1.91. The number of benzene rings is 1. The molecule has 1 aromatic carbocycles. The third-order valence-electron chi connectivity index (χ3n) is 5.31. The van der Waals surface area contributed by atoms with Crippen molar-refractivity contribution >= 4 is 32.9 Å². The Balaban J connectivity index is 2.54. The number of oxime groups is 1. The van der Waals surface area contributed by atoms with Crippen LogP contribution in [0.25, 0.3) is 10.1 Å². The van der Waals surface area contributed by atoms with Crippen LogP contribution in [0.15, 0.2) is 23.4 Å². The summed E-state index contributed by atoms with van der Waals surface area (Å²) in [6.07, 6.45) is -4.90. The van der Waals surface area contributed by atoms with Crippen LogP contribution in [0, 0.1) is 0 Å². The van der Waals surface area contributed by atoms with Crippen LogP contribution in [-0.2, 0) is 6.42 Å². The van der Waals surface area contributed by atoms with Gasteiger partial charge in [0.1, 0.15) is 6.17 Å². The van der Waals surface area contributed by atoms with Crippen molar-refractivity contribution in [1.82, 2.24) is 4.90 Å². The number of nitrogens with one attached hydrogen (secondary N) is 1. The Bertz CT molecular complexity index is 897. The van der Waals surface area contributed by atoms with Crippen molar-refractivity contribution in [1.29, 1.82) is 0 Å². The van der Waals surface area contributed by atoms with E-state index in [1.165, 1.54) is 0 Å². The molecule has 0 spiro atoms. The van der Waals surface area contributed by atoms with Gasteiger partial charge in [0.05, 0.1) is 27.7 Å². The number of nitrogens with two attached hydrogens (primary N) is 1. The number of nitrogens with zero attached hydrogens (tertiary/aromatic N) is 2. The van der Waals surface area contributed by atoms with Gasteiger partial charge in [0.15, 0.2) is 5.84 Å². The van der Waals surface area contributed by atoms with Gasteiger partial charge in [-0.1, -0.05) is 37.6 Å². The largest absolute Gasteiger partial charge is 0.409 e. The van der Waals surface area contributed by atoms with Crippen molar-refractivity contribution in [2.45, 2.75) is 64.0 Å². The van der Waals surface area contributed by atoms with Gasteiger partial charge in [0.25, 0.3) is 0 Å². The standard InChI is InChI=1S/C21H30F4N4OS/c1-5-8-14(17(22)16(6-2)29(3)4)27-15-10-7-9-12-13(11-21(23,24)25)19(20(26)28-30)31-18(12)15/h7,9-10,14,16-17,27,30H,5-6,8,11H2,1-4H3,(H2,26,28). The fourth-order valence-corrected chi connectivity index (χ4v) is 5.07. The molecule has 10 heteroatoms. The first kappa shape index (κ1) is 25.2. The predicted octanol–water partition coefficient (Wildman–Crippen LogP) is 5.36. The highest BCUT2D eigenvalue weighted by atomic mass is 32.1. The molecule has 0 aliphatic carbocycles. The Morgan fingerprint density at radius 1 is 1.29 bits per heavy atom. The lowest BCUT2D eigenvalue weighted by atomic mass is 9.97. The summed E-state index contributed by atoms with van der Waals surface area (Å²) < 4.78 is 55.6. The summed E-state index contributed by atoms with van der Waals surface area (Å²) in [5.74, 6) is -0.376.